The summed E-state index contributed by atoms with van der Waals surface area (Å²) in [4.78, 5) is 23.0. The maximum atomic E-state index is 11.7. The molecule has 0 aliphatic heterocycles. The summed E-state index contributed by atoms with van der Waals surface area (Å²) in [6, 6.07) is 17.0. The number of carbonyl (C=O) groups excluding carboxylic acids is 1. The minimum Gasteiger partial charge on any atom is -0.480 e. The fraction of sp³-hybridized carbons (Fsp3) is 0.222. The number of thioether (sulfide) groups is 1. The average Bonchev–Trinajstić information content (AvgIpc) is 2.55. The lowest BCUT2D eigenvalue weighted by Gasteiger charge is -2.13. The second-order valence-electron chi connectivity index (χ2n) is 5.32. The Morgan fingerprint density at radius 2 is 1.61 bits per heavy atom. The highest BCUT2D eigenvalue weighted by atomic mass is 32.2. The van der Waals surface area contributed by atoms with Gasteiger partial charge in [0.15, 0.2) is 0 Å². The number of hydrogen-bond acceptors (Lipinski definition) is 4. The average molecular weight is 329 g/mol. The smallest absolute Gasteiger partial charge is 0.317 e. The van der Waals surface area contributed by atoms with Crippen LogP contribution < -0.4 is 5.73 Å². The predicted octanol–water partition coefficient (Wildman–Crippen LogP) is 2.96. The van der Waals surface area contributed by atoms with Gasteiger partial charge >= 0.3 is 5.97 Å². The molecule has 2 aromatic rings. The van der Waals surface area contributed by atoms with Crippen molar-refractivity contribution in [2.75, 3.05) is 0 Å². The molecule has 0 radical (unpaired) electrons. The third-order valence-electron chi connectivity index (χ3n) is 3.39. The summed E-state index contributed by atoms with van der Waals surface area (Å²) < 4.78 is 0. The lowest BCUT2D eigenvalue weighted by molar-refractivity contribution is -0.136. The number of benzene rings is 2. The molecule has 4 nitrogen and oxygen atoms in total. The Bertz CT molecular complexity index is 668. The quantitative estimate of drug-likeness (QED) is 0.851. The summed E-state index contributed by atoms with van der Waals surface area (Å²) >= 11 is 0.793. The van der Waals surface area contributed by atoms with E-state index in [0.29, 0.717) is 0 Å². The Labute approximate surface area is 139 Å². The van der Waals surface area contributed by atoms with Crippen molar-refractivity contribution >= 4 is 22.8 Å². The molecular formula is C18H19NO3S. The van der Waals surface area contributed by atoms with Crippen LogP contribution in [0.2, 0.25) is 0 Å². The van der Waals surface area contributed by atoms with E-state index in [9.17, 15) is 14.7 Å². The van der Waals surface area contributed by atoms with Gasteiger partial charge in [0.25, 0.3) is 0 Å². The second-order valence-corrected chi connectivity index (χ2v) is 6.53. The Morgan fingerprint density at radius 3 is 2.13 bits per heavy atom. The number of aliphatic carboxylic acids is 1. The molecule has 0 aliphatic rings. The van der Waals surface area contributed by atoms with Crippen LogP contribution in [0.25, 0.3) is 11.1 Å². The molecule has 5 heteroatoms. The van der Waals surface area contributed by atoms with Crippen LogP contribution in [-0.4, -0.2) is 27.5 Å². The molecule has 0 unspecified atom stereocenters. The van der Waals surface area contributed by atoms with E-state index in [-0.39, 0.29) is 11.5 Å². The standard InChI is InChI=1S/C18H19NO3S/c1-12(19)18(22)23-16(17(20)21)11-13-7-9-15(10-8-13)14-5-3-2-4-6-14/h2-10,12,16H,11,19H2,1H3,(H,20,21)/t12-,16-/m1/s1. The van der Waals surface area contributed by atoms with Crippen molar-refractivity contribution in [1.29, 1.82) is 0 Å². The first-order chi connectivity index (χ1) is 11.0. The molecular weight excluding hydrogens is 310 g/mol. The largest absolute Gasteiger partial charge is 0.480 e. The fourth-order valence-electron chi connectivity index (χ4n) is 2.10. The molecule has 0 spiro atoms. The molecule has 0 aromatic heterocycles. The molecule has 0 aliphatic carbocycles. The van der Waals surface area contributed by atoms with E-state index in [2.05, 4.69) is 0 Å². The molecule has 2 aromatic carbocycles. The van der Waals surface area contributed by atoms with Crippen LogP contribution in [0.5, 0.6) is 0 Å². The molecule has 3 N–H and O–H groups in total. The van der Waals surface area contributed by atoms with Gasteiger partial charge in [0, 0.05) is 0 Å². The van der Waals surface area contributed by atoms with Gasteiger partial charge in [-0.05, 0) is 30.0 Å². The van der Waals surface area contributed by atoms with Crippen LogP contribution in [0.4, 0.5) is 0 Å². The molecule has 0 fully saturated rings. The molecule has 2 rings (SSSR count). The van der Waals surface area contributed by atoms with Gasteiger partial charge in [-0.2, -0.15) is 0 Å². The van der Waals surface area contributed by atoms with E-state index in [1.807, 2.05) is 54.6 Å². The highest BCUT2D eigenvalue weighted by Crippen LogP contribution is 2.23. The highest BCUT2D eigenvalue weighted by Gasteiger charge is 2.24. The summed E-state index contributed by atoms with van der Waals surface area (Å²) in [6.07, 6.45) is 0.285. The van der Waals surface area contributed by atoms with E-state index < -0.39 is 17.3 Å². The predicted molar refractivity (Wildman–Crippen MR) is 93.3 cm³/mol. The van der Waals surface area contributed by atoms with E-state index in [1.54, 1.807) is 6.92 Å². The highest BCUT2D eigenvalue weighted by molar-refractivity contribution is 8.14. The normalized spacial score (nSPS) is 13.3. The van der Waals surface area contributed by atoms with Gasteiger partial charge in [-0.3, -0.25) is 9.59 Å². The van der Waals surface area contributed by atoms with Crippen molar-refractivity contribution in [2.45, 2.75) is 24.6 Å². The van der Waals surface area contributed by atoms with Crippen molar-refractivity contribution < 1.29 is 14.7 Å². The van der Waals surface area contributed by atoms with Crippen molar-refractivity contribution in [1.82, 2.24) is 0 Å². The summed E-state index contributed by atoms with van der Waals surface area (Å²) in [6.45, 7) is 1.56. The number of carboxylic acids is 1. The molecule has 0 saturated heterocycles. The minimum absolute atomic E-state index is 0.285. The van der Waals surface area contributed by atoms with Crippen LogP contribution in [-0.2, 0) is 16.0 Å². The lowest BCUT2D eigenvalue weighted by Crippen LogP contribution is -2.29. The minimum atomic E-state index is -1.00. The Kier molecular flexibility index (Phi) is 5.96. The summed E-state index contributed by atoms with van der Waals surface area (Å²) in [5, 5.41) is 8.15. The van der Waals surface area contributed by atoms with Gasteiger partial charge in [0.05, 0.1) is 6.04 Å². The third kappa shape index (κ3) is 4.94. The maximum Gasteiger partial charge on any atom is 0.317 e. The van der Waals surface area contributed by atoms with E-state index in [1.165, 1.54) is 0 Å². The molecule has 0 saturated carbocycles. The van der Waals surface area contributed by atoms with Crippen molar-refractivity contribution in [3.8, 4) is 11.1 Å². The number of rotatable bonds is 6. The lowest BCUT2D eigenvalue weighted by atomic mass is 10.0. The molecule has 0 bridgehead atoms. The van der Waals surface area contributed by atoms with Crippen LogP contribution in [0.15, 0.2) is 54.6 Å². The van der Waals surface area contributed by atoms with Crippen LogP contribution in [0, 0.1) is 0 Å². The first kappa shape index (κ1) is 17.2. The van der Waals surface area contributed by atoms with Gasteiger partial charge in [0.2, 0.25) is 5.12 Å². The number of hydrogen-bond donors (Lipinski definition) is 2. The first-order valence-electron chi connectivity index (χ1n) is 7.30. The van der Waals surface area contributed by atoms with Crippen molar-refractivity contribution in [2.24, 2.45) is 5.73 Å². The summed E-state index contributed by atoms with van der Waals surface area (Å²) in [7, 11) is 0. The van der Waals surface area contributed by atoms with Crippen LogP contribution in [0.3, 0.4) is 0 Å². The fourth-order valence-corrected chi connectivity index (χ4v) is 2.98. The third-order valence-corrected chi connectivity index (χ3v) is 4.64. The number of carboxylic acid groups (broad SMARTS) is 1. The van der Waals surface area contributed by atoms with Crippen LogP contribution in [0.1, 0.15) is 12.5 Å². The van der Waals surface area contributed by atoms with Gasteiger partial charge in [-0.15, -0.1) is 0 Å². The summed E-state index contributed by atoms with van der Waals surface area (Å²) in [5.74, 6) is -1.00. The zero-order chi connectivity index (χ0) is 16.8. The molecule has 0 amide bonds. The van der Waals surface area contributed by atoms with Gasteiger partial charge in [-0.25, -0.2) is 0 Å². The SMILES string of the molecule is C[C@@H](N)C(=O)S[C@H](Cc1ccc(-c2ccccc2)cc1)C(=O)O. The maximum absolute atomic E-state index is 11.7. The van der Waals surface area contributed by atoms with Gasteiger partial charge < -0.3 is 10.8 Å². The second kappa shape index (κ2) is 7.94. The van der Waals surface area contributed by atoms with Crippen molar-refractivity contribution in [3.05, 3.63) is 60.2 Å². The van der Waals surface area contributed by atoms with Gasteiger partial charge in [-0.1, -0.05) is 66.4 Å². The Balaban J connectivity index is 2.09. The molecule has 23 heavy (non-hydrogen) atoms. The zero-order valence-corrected chi connectivity index (χ0v) is 13.6. The van der Waals surface area contributed by atoms with Gasteiger partial charge in [0.1, 0.15) is 5.25 Å². The van der Waals surface area contributed by atoms with E-state index in [0.717, 1.165) is 28.5 Å². The Hall–Kier alpha value is -2.11. The topological polar surface area (TPSA) is 80.4 Å². The van der Waals surface area contributed by atoms with Crippen molar-refractivity contribution in [3.63, 3.8) is 0 Å². The monoisotopic (exact) mass is 329 g/mol. The molecule has 0 heterocycles. The van der Waals surface area contributed by atoms with E-state index >= 15 is 0 Å². The number of carbonyl (C=O) groups is 2. The number of nitrogens with two attached hydrogens (primary N) is 1. The van der Waals surface area contributed by atoms with Crippen LogP contribution >= 0.6 is 11.8 Å². The first-order valence-corrected chi connectivity index (χ1v) is 8.18. The molecule has 120 valence electrons. The Morgan fingerprint density at radius 1 is 1.04 bits per heavy atom. The molecule has 2 atom stereocenters. The van der Waals surface area contributed by atoms with E-state index in [4.69, 9.17) is 5.73 Å². The zero-order valence-electron chi connectivity index (χ0n) is 12.8. The summed E-state index contributed by atoms with van der Waals surface area (Å²) in [5.41, 5.74) is 8.55.